The van der Waals surface area contributed by atoms with Crippen molar-refractivity contribution in [2.45, 2.75) is 11.4 Å². The van der Waals surface area contributed by atoms with Gasteiger partial charge in [0, 0.05) is 12.7 Å². The molecule has 0 atom stereocenters. The zero-order valence-corrected chi connectivity index (χ0v) is 11.0. The molecule has 0 N–H and O–H groups in total. The Morgan fingerprint density at radius 2 is 2.35 bits per heavy atom. The molecule has 0 bridgehead atoms. The molecule has 0 saturated carbocycles. The van der Waals surface area contributed by atoms with Gasteiger partial charge in [0.1, 0.15) is 5.03 Å². The number of nitrogens with zero attached hydrogens (tertiary/aromatic N) is 3. The van der Waals surface area contributed by atoms with Crippen LogP contribution in [0.5, 0.6) is 0 Å². The molecule has 0 saturated heterocycles. The number of fused-ring (bicyclic) bond motifs is 1. The summed E-state index contributed by atoms with van der Waals surface area (Å²) in [5.41, 5.74) is 0.965. The second-order valence-electron chi connectivity index (χ2n) is 4.32. The van der Waals surface area contributed by atoms with E-state index in [9.17, 15) is 4.79 Å². The van der Waals surface area contributed by atoms with Crippen LogP contribution in [0, 0.1) is 0 Å². The van der Waals surface area contributed by atoms with E-state index in [4.69, 9.17) is 0 Å². The van der Waals surface area contributed by atoms with E-state index in [1.165, 1.54) is 11.8 Å². The van der Waals surface area contributed by atoms with Gasteiger partial charge < -0.3 is 9.80 Å². The quantitative estimate of drug-likeness (QED) is 0.812. The summed E-state index contributed by atoms with van der Waals surface area (Å²) >= 11 is 1.53. The minimum Gasteiger partial charge on any atom is -0.309 e. The number of amides is 1. The molecule has 2 rings (SSSR count). The molecule has 17 heavy (non-hydrogen) atoms. The Balaban J connectivity index is 2.07. The average Bonchev–Trinajstić information content (AvgIpc) is 2.32. The van der Waals surface area contributed by atoms with E-state index in [1.54, 1.807) is 6.20 Å². The van der Waals surface area contributed by atoms with Crippen molar-refractivity contribution in [3.63, 3.8) is 0 Å². The van der Waals surface area contributed by atoms with E-state index in [0.717, 1.165) is 30.2 Å². The van der Waals surface area contributed by atoms with Gasteiger partial charge in [-0.2, -0.15) is 0 Å². The topological polar surface area (TPSA) is 36.4 Å². The average molecular weight is 251 g/mol. The third-order valence-electron chi connectivity index (χ3n) is 2.66. The van der Waals surface area contributed by atoms with Crippen molar-refractivity contribution in [2.75, 3.05) is 37.8 Å². The summed E-state index contributed by atoms with van der Waals surface area (Å²) in [4.78, 5) is 20.2. The summed E-state index contributed by atoms with van der Waals surface area (Å²) in [5, 5.41) is 0.969. The molecule has 92 valence electrons. The zero-order valence-electron chi connectivity index (χ0n) is 10.2. The van der Waals surface area contributed by atoms with Gasteiger partial charge in [0.25, 0.3) is 0 Å². The van der Waals surface area contributed by atoms with Gasteiger partial charge in [-0.05, 0) is 39.2 Å². The zero-order chi connectivity index (χ0) is 12.3. The molecular weight excluding hydrogens is 234 g/mol. The number of pyridine rings is 1. The number of carbonyl (C=O) groups excluding carboxylic acids is 1. The molecule has 5 heteroatoms. The lowest BCUT2D eigenvalue weighted by Crippen LogP contribution is -2.37. The third kappa shape index (κ3) is 2.98. The summed E-state index contributed by atoms with van der Waals surface area (Å²) in [6.07, 6.45) is 2.76. The van der Waals surface area contributed by atoms with Crippen LogP contribution in [0.2, 0.25) is 0 Å². The van der Waals surface area contributed by atoms with Crippen molar-refractivity contribution in [3.05, 3.63) is 18.3 Å². The van der Waals surface area contributed by atoms with E-state index in [1.807, 2.05) is 31.1 Å². The van der Waals surface area contributed by atoms with Crippen molar-refractivity contribution in [1.82, 2.24) is 9.88 Å². The van der Waals surface area contributed by atoms with Crippen molar-refractivity contribution in [1.29, 1.82) is 0 Å². The summed E-state index contributed by atoms with van der Waals surface area (Å²) < 4.78 is 0. The second-order valence-corrected chi connectivity index (χ2v) is 5.28. The highest BCUT2D eigenvalue weighted by Crippen LogP contribution is 2.32. The molecule has 0 radical (unpaired) electrons. The minimum atomic E-state index is 0.189. The van der Waals surface area contributed by atoms with E-state index < -0.39 is 0 Å². The monoisotopic (exact) mass is 251 g/mol. The van der Waals surface area contributed by atoms with Gasteiger partial charge in [-0.1, -0.05) is 11.8 Å². The first-order valence-electron chi connectivity index (χ1n) is 5.71. The van der Waals surface area contributed by atoms with Crippen LogP contribution in [0.4, 0.5) is 5.69 Å². The molecule has 1 amide bonds. The van der Waals surface area contributed by atoms with Crippen LogP contribution < -0.4 is 4.90 Å². The van der Waals surface area contributed by atoms with Gasteiger partial charge in [-0.25, -0.2) is 4.98 Å². The highest BCUT2D eigenvalue weighted by atomic mass is 32.2. The molecule has 1 aliphatic heterocycles. The first-order chi connectivity index (χ1) is 8.18. The fourth-order valence-electron chi connectivity index (χ4n) is 1.83. The maximum Gasteiger partial charge on any atom is 0.237 e. The number of carbonyl (C=O) groups is 1. The Hall–Kier alpha value is -1.07. The third-order valence-corrected chi connectivity index (χ3v) is 3.64. The minimum absolute atomic E-state index is 0.189. The van der Waals surface area contributed by atoms with Crippen LogP contribution in [0.1, 0.15) is 6.42 Å². The van der Waals surface area contributed by atoms with Crippen LogP contribution in [-0.2, 0) is 4.79 Å². The Bertz CT molecular complexity index is 408. The molecule has 1 aliphatic rings. The van der Waals surface area contributed by atoms with Gasteiger partial charge in [0.05, 0.1) is 11.4 Å². The normalized spacial score (nSPS) is 15.2. The smallest absolute Gasteiger partial charge is 0.237 e. The van der Waals surface area contributed by atoms with Crippen molar-refractivity contribution < 1.29 is 4.79 Å². The predicted octanol–water partition coefficient (Wildman–Crippen LogP) is 1.47. The summed E-state index contributed by atoms with van der Waals surface area (Å²) in [6.45, 7) is 1.77. The fraction of sp³-hybridized carbons (Fsp3) is 0.500. The van der Waals surface area contributed by atoms with E-state index in [0.29, 0.717) is 5.75 Å². The Labute approximate surface area is 106 Å². The standard InChI is InChI=1S/C12H17N3OS/c1-14(2)7-4-8-15-10-5-3-6-13-12(10)17-9-11(15)16/h3,5-6H,4,7-9H2,1-2H3. The van der Waals surface area contributed by atoms with Gasteiger partial charge >= 0.3 is 0 Å². The lowest BCUT2D eigenvalue weighted by molar-refractivity contribution is -0.116. The van der Waals surface area contributed by atoms with Gasteiger partial charge in [-0.3, -0.25) is 4.79 Å². The van der Waals surface area contributed by atoms with Crippen molar-refractivity contribution in [2.24, 2.45) is 0 Å². The van der Waals surface area contributed by atoms with Crippen LogP contribution in [0.25, 0.3) is 0 Å². The van der Waals surface area contributed by atoms with E-state index >= 15 is 0 Å². The molecule has 0 aromatic carbocycles. The maximum atomic E-state index is 11.9. The lowest BCUT2D eigenvalue weighted by Gasteiger charge is -2.28. The highest BCUT2D eigenvalue weighted by Gasteiger charge is 2.24. The predicted molar refractivity (Wildman–Crippen MR) is 70.5 cm³/mol. The summed E-state index contributed by atoms with van der Waals surface area (Å²) in [6, 6.07) is 3.86. The molecule has 4 nitrogen and oxygen atoms in total. The second kappa shape index (κ2) is 5.51. The highest BCUT2D eigenvalue weighted by molar-refractivity contribution is 8.00. The van der Waals surface area contributed by atoms with Crippen molar-refractivity contribution in [3.8, 4) is 0 Å². The number of rotatable bonds is 4. The first kappa shape index (κ1) is 12.4. The SMILES string of the molecule is CN(C)CCCN1C(=O)CSc2ncccc21. The molecule has 0 fully saturated rings. The molecule has 0 spiro atoms. The van der Waals surface area contributed by atoms with Crippen LogP contribution in [-0.4, -0.2) is 48.7 Å². The number of hydrogen-bond donors (Lipinski definition) is 0. The summed E-state index contributed by atoms with van der Waals surface area (Å²) in [5.74, 6) is 0.695. The number of thioether (sulfide) groups is 1. The molecular formula is C12H17N3OS. The number of aromatic nitrogens is 1. The number of anilines is 1. The summed E-state index contributed by atoms with van der Waals surface area (Å²) in [7, 11) is 4.09. The van der Waals surface area contributed by atoms with E-state index in [2.05, 4.69) is 9.88 Å². The molecule has 1 aromatic heterocycles. The molecule has 2 heterocycles. The van der Waals surface area contributed by atoms with Crippen molar-refractivity contribution >= 4 is 23.4 Å². The van der Waals surface area contributed by atoms with Crippen LogP contribution >= 0.6 is 11.8 Å². The molecule has 0 unspecified atom stereocenters. The Morgan fingerprint density at radius 3 is 3.12 bits per heavy atom. The van der Waals surface area contributed by atoms with Crippen LogP contribution in [0.15, 0.2) is 23.4 Å². The Morgan fingerprint density at radius 1 is 1.53 bits per heavy atom. The van der Waals surface area contributed by atoms with Gasteiger partial charge in [-0.15, -0.1) is 0 Å². The maximum absolute atomic E-state index is 11.9. The number of hydrogen-bond acceptors (Lipinski definition) is 4. The largest absolute Gasteiger partial charge is 0.309 e. The van der Waals surface area contributed by atoms with E-state index in [-0.39, 0.29) is 5.91 Å². The molecule has 1 aromatic rings. The van der Waals surface area contributed by atoms with Crippen LogP contribution in [0.3, 0.4) is 0 Å². The van der Waals surface area contributed by atoms with Gasteiger partial charge in [0.2, 0.25) is 5.91 Å². The first-order valence-corrected chi connectivity index (χ1v) is 6.70. The Kier molecular flexibility index (Phi) is 4.02. The molecule has 0 aliphatic carbocycles. The fourth-order valence-corrected chi connectivity index (χ4v) is 2.71. The van der Waals surface area contributed by atoms with Gasteiger partial charge in [0.15, 0.2) is 0 Å². The lowest BCUT2D eigenvalue weighted by atomic mass is 10.3.